The van der Waals surface area contributed by atoms with Gasteiger partial charge < -0.3 is 0 Å². The zero-order chi connectivity index (χ0) is 16.7. The van der Waals surface area contributed by atoms with Crippen molar-refractivity contribution < 1.29 is 25.9 Å². The Hall–Kier alpha value is -0.563. The summed E-state index contributed by atoms with van der Waals surface area (Å²) in [6, 6.07) is 6.98. The minimum atomic E-state index is -4.67. The Morgan fingerprint density at radius 1 is 0.696 bits per heavy atom. The van der Waals surface area contributed by atoms with Crippen molar-refractivity contribution in [2.45, 2.75) is 9.79 Å². The van der Waals surface area contributed by atoms with Crippen molar-refractivity contribution in [3.8, 4) is 11.1 Å². The molecule has 0 aliphatic rings. The second-order valence-corrected chi connectivity index (χ2v) is 7.88. The van der Waals surface area contributed by atoms with Crippen LogP contribution in [0.3, 0.4) is 0 Å². The third-order valence-electron chi connectivity index (χ3n) is 2.73. The van der Waals surface area contributed by atoms with Crippen molar-refractivity contribution in [3.63, 3.8) is 0 Å². The Balaban J connectivity index is 0.00000264. The van der Waals surface area contributed by atoms with Gasteiger partial charge in [0.2, 0.25) is 0 Å². The van der Waals surface area contributed by atoms with E-state index in [2.05, 4.69) is 0 Å². The molecule has 0 radical (unpaired) electrons. The maximum atomic E-state index is 11.5. The first-order valence-electron chi connectivity index (χ1n) is 5.54. The fraction of sp³-hybridized carbons (Fsp3) is 0. The van der Waals surface area contributed by atoms with Crippen LogP contribution in [0.25, 0.3) is 11.1 Å². The first kappa shape index (κ1) is 20.5. The van der Waals surface area contributed by atoms with Crippen LogP contribution in [0.5, 0.6) is 0 Å². The first-order valence-corrected chi connectivity index (χ1v) is 9.18. The van der Waals surface area contributed by atoms with E-state index in [1.807, 2.05) is 0 Å². The number of halogens is 2. The number of hydrogen-bond donors (Lipinski definition) is 2. The van der Waals surface area contributed by atoms with Gasteiger partial charge in [0.1, 0.15) is 9.79 Å². The van der Waals surface area contributed by atoms with Crippen LogP contribution in [-0.4, -0.2) is 44.8 Å². The molecule has 2 aromatic rings. The molecule has 11 heteroatoms. The van der Waals surface area contributed by atoms with Crippen molar-refractivity contribution in [2.24, 2.45) is 0 Å². The summed E-state index contributed by atoms with van der Waals surface area (Å²) in [6.45, 7) is 0. The molecule has 2 N–H and O–H groups in total. The predicted octanol–water partition coefficient (Wildman–Crippen LogP) is 2.51. The summed E-state index contributed by atoms with van der Waals surface area (Å²) in [6.07, 6.45) is 0. The van der Waals surface area contributed by atoms with Gasteiger partial charge in [-0.1, -0.05) is 35.3 Å². The predicted molar refractivity (Wildman–Crippen MR) is 88.7 cm³/mol. The Kier molecular flexibility index (Phi) is 6.35. The van der Waals surface area contributed by atoms with Crippen molar-refractivity contribution in [3.05, 3.63) is 46.4 Å². The molecule has 0 saturated heterocycles. The van der Waals surface area contributed by atoms with Crippen LogP contribution in [0.1, 0.15) is 0 Å². The Morgan fingerprint density at radius 3 is 1.26 bits per heavy atom. The summed E-state index contributed by atoms with van der Waals surface area (Å²) < 4.78 is 64.4. The fourth-order valence-corrected chi connectivity index (χ4v) is 3.80. The SMILES string of the molecule is O=S(=O)(O)c1cc(Cl)ccc1-c1ccc(Cl)cc1S(=O)(=O)O.[LiH]. The van der Waals surface area contributed by atoms with Gasteiger partial charge in [-0.15, -0.1) is 0 Å². The van der Waals surface area contributed by atoms with E-state index in [1.54, 1.807) is 0 Å². The van der Waals surface area contributed by atoms with E-state index in [9.17, 15) is 25.9 Å². The molecule has 0 saturated carbocycles. The molecule has 2 rings (SSSR count). The van der Waals surface area contributed by atoms with Crippen LogP contribution >= 0.6 is 23.2 Å². The molecule has 0 spiro atoms. The van der Waals surface area contributed by atoms with E-state index in [4.69, 9.17) is 23.2 Å². The normalized spacial score (nSPS) is 11.8. The van der Waals surface area contributed by atoms with Gasteiger partial charge >= 0.3 is 18.9 Å². The molecule has 0 aromatic heterocycles. The summed E-state index contributed by atoms with van der Waals surface area (Å²) in [4.78, 5) is -1.18. The molecule has 2 aromatic carbocycles. The van der Waals surface area contributed by atoms with Crippen LogP contribution < -0.4 is 0 Å². The van der Waals surface area contributed by atoms with Crippen LogP contribution in [0.2, 0.25) is 10.0 Å². The topological polar surface area (TPSA) is 109 Å². The van der Waals surface area contributed by atoms with E-state index in [-0.39, 0.29) is 40.0 Å². The molecule has 0 unspecified atom stereocenters. The molecule has 0 heterocycles. The molecule has 0 atom stereocenters. The van der Waals surface area contributed by atoms with Gasteiger partial charge in [0.25, 0.3) is 20.2 Å². The van der Waals surface area contributed by atoms with Crippen molar-refractivity contribution in [1.82, 2.24) is 0 Å². The van der Waals surface area contributed by atoms with E-state index in [0.717, 1.165) is 12.1 Å². The zero-order valence-electron chi connectivity index (χ0n) is 10.6. The van der Waals surface area contributed by atoms with Crippen molar-refractivity contribution in [2.75, 3.05) is 0 Å². The summed E-state index contributed by atoms with van der Waals surface area (Å²) >= 11 is 11.4. The molecule has 0 aliphatic heterocycles. The average molecular weight is 391 g/mol. The summed E-state index contributed by atoms with van der Waals surface area (Å²) in [5.41, 5.74) is -0.285. The maximum absolute atomic E-state index is 11.5. The summed E-state index contributed by atoms with van der Waals surface area (Å²) in [7, 11) is -9.34. The van der Waals surface area contributed by atoms with E-state index in [0.29, 0.717) is 0 Å². The third kappa shape index (κ3) is 4.72. The second-order valence-electron chi connectivity index (χ2n) is 4.23. The van der Waals surface area contributed by atoms with Gasteiger partial charge in [0.05, 0.1) is 0 Å². The molecule has 6 nitrogen and oxygen atoms in total. The van der Waals surface area contributed by atoms with Crippen LogP contribution in [0.15, 0.2) is 46.2 Å². The second kappa shape index (κ2) is 7.13. The Labute approximate surface area is 155 Å². The Bertz CT molecular complexity index is 878. The van der Waals surface area contributed by atoms with E-state index in [1.165, 1.54) is 24.3 Å². The molecule has 0 amide bonds. The number of rotatable bonds is 3. The third-order valence-corrected chi connectivity index (χ3v) is 4.99. The summed E-state index contributed by atoms with van der Waals surface area (Å²) in [5, 5.41) is 0.0532. The molecule has 120 valence electrons. The van der Waals surface area contributed by atoms with E-state index >= 15 is 0 Å². The van der Waals surface area contributed by atoms with Gasteiger partial charge in [-0.05, 0) is 24.3 Å². The quantitative estimate of drug-likeness (QED) is 0.615. The first-order chi connectivity index (χ1) is 10.00. The minimum absolute atomic E-state index is 0. The Morgan fingerprint density at radius 2 is 1.00 bits per heavy atom. The summed E-state index contributed by atoms with van der Waals surface area (Å²) in [5.74, 6) is 0. The number of benzene rings is 2. The molecular formula is C12H9Cl2LiO6S2. The van der Waals surface area contributed by atoms with Crippen LogP contribution in [0.4, 0.5) is 0 Å². The van der Waals surface area contributed by atoms with E-state index < -0.39 is 30.0 Å². The van der Waals surface area contributed by atoms with Gasteiger partial charge in [-0.25, -0.2) is 0 Å². The van der Waals surface area contributed by atoms with Crippen molar-refractivity contribution in [1.29, 1.82) is 0 Å². The van der Waals surface area contributed by atoms with Crippen LogP contribution in [0, 0.1) is 0 Å². The monoisotopic (exact) mass is 390 g/mol. The number of hydrogen-bond acceptors (Lipinski definition) is 4. The average Bonchev–Trinajstić information content (AvgIpc) is 2.37. The molecule has 0 fully saturated rings. The molecular weight excluding hydrogens is 382 g/mol. The van der Waals surface area contributed by atoms with Gasteiger partial charge in [-0.2, -0.15) is 16.8 Å². The van der Waals surface area contributed by atoms with Gasteiger partial charge in [0, 0.05) is 21.2 Å². The fourth-order valence-electron chi connectivity index (χ4n) is 1.86. The standard InChI is InChI=1S/C12H8Cl2O6S2.Li.H/c13-7-1-3-9(11(5-7)21(15,16)17)10-4-2-8(14)6-12(10)22(18,19)20;;/h1-6H,(H,15,16,17)(H,18,19,20);;. The molecule has 23 heavy (non-hydrogen) atoms. The van der Waals surface area contributed by atoms with Gasteiger partial charge in [-0.3, -0.25) is 9.11 Å². The van der Waals surface area contributed by atoms with Crippen molar-refractivity contribution >= 4 is 62.3 Å². The van der Waals surface area contributed by atoms with Crippen LogP contribution in [-0.2, 0) is 20.2 Å². The van der Waals surface area contributed by atoms with Gasteiger partial charge in [0.15, 0.2) is 0 Å². The molecule has 0 aliphatic carbocycles. The zero-order valence-corrected chi connectivity index (χ0v) is 13.7. The molecule has 0 bridgehead atoms.